The Hall–Kier alpha value is -4.03. The Bertz CT molecular complexity index is 1440. The van der Waals surface area contributed by atoms with Crippen LogP contribution >= 0.6 is 0 Å². The van der Waals surface area contributed by atoms with Crippen LogP contribution in [-0.2, 0) is 32.0 Å². The molecule has 8 nitrogen and oxygen atoms in total. The van der Waals surface area contributed by atoms with Crippen molar-refractivity contribution >= 4 is 28.7 Å². The normalized spacial score (nSPS) is 20.2. The van der Waals surface area contributed by atoms with Crippen LogP contribution in [0.15, 0.2) is 72.9 Å². The first-order valence-electron chi connectivity index (χ1n) is 14.2. The number of ether oxygens (including phenoxy) is 1. The summed E-state index contributed by atoms with van der Waals surface area (Å²) in [5.41, 5.74) is 1.48. The molecule has 0 spiro atoms. The molecule has 1 fully saturated rings. The highest BCUT2D eigenvalue weighted by molar-refractivity contribution is 7.81. The van der Waals surface area contributed by atoms with Crippen LogP contribution in [0, 0.1) is 22.7 Å². The topological polar surface area (TPSA) is 118 Å². The first kappa shape index (κ1) is 30.9. The maximum Gasteiger partial charge on any atom is 0.317 e. The molecule has 3 aromatic rings. The average Bonchev–Trinajstić information content (AvgIpc) is 2.94. The number of nitriles is 1. The van der Waals surface area contributed by atoms with E-state index in [1.807, 2.05) is 70.2 Å². The van der Waals surface area contributed by atoms with Crippen molar-refractivity contribution in [2.45, 2.75) is 71.3 Å². The predicted octanol–water partition coefficient (Wildman–Crippen LogP) is 6.46. The fourth-order valence-corrected chi connectivity index (χ4v) is 6.36. The molecule has 4 rings (SSSR count). The Morgan fingerprint density at radius 3 is 2.50 bits per heavy atom. The lowest BCUT2D eigenvalue weighted by Crippen LogP contribution is -2.51. The van der Waals surface area contributed by atoms with Gasteiger partial charge in [-0.15, -0.1) is 0 Å². The van der Waals surface area contributed by atoms with E-state index in [0.717, 1.165) is 24.0 Å². The summed E-state index contributed by atoms with van der Waals surface area (Å²) in [6.45, 7) is 8.04. The van der Waals surface area contributed by atoms with Gasteiger partial charge in [-0.2, -0.15) is 9.47 Å². The number of nitrogens with zero attached hydrogens (tertiary/aromatic N) is 2. The number of Topliss-reactive ketones (excluding diaryl/α,β-unsaturated/α-hetero) is 1. The summed E-state index contributed by atoms with van der Waals surface area (Å²) < 4.78 is 27.0. The summed E-state index contributed by atoms with van der Waals surface area (Å²) in [5, 5.41) is 8.92. The molecule has 4 atom stereocenters. The molecule has 1 saturated heterocycles. The molecule has 1 N–H and O–H groups in total. The molecule has 0 saturated carbocycles. The zero-order valence-electron chi connectivity index (χ0n) is 24.5. The predicted molar refractivity (Wildman–Crippen MR) is 162 cm³/mol. The number of nitrogens with one attached hydrogen (secondary N) is 1. The van der Waals surface area contributed by atoms with Crippen LogP contribution in [0.5, 0.6) is 5.88 Å². The van der Waals surface area contributed by atoms with Crippen LogP contribution in [0.2, 0.25) is 0 Å². The number of hydrogen-bond acceptors (Lipinski definition) is 7. The lowest BCUT2D eigenvalue weighted by atomic mass is 9.65. The smallest absolute Gasteiger partial charge is 0.317 e. The quantitative estimate of drug-likeness (QED) is 0.202. The Labute approximate surface area is 250 Å². The number of rotatable bonds is 11. The van der Waals surface area contributed by atoms with Crippen molar-refractivity contribution in [3.63, 3.8) is 0 Å². The number of aromatic nitrogens is 1. The zero-order valence-corrected chi connectivity index (χ0v) is 25.3. The number of anilines is 1. The molecule has 9 heteroatoms. The third-order valence-electron chi connectivity index (χ3n) is 7.57. The summed E-state index contributed by atoms with van der Waals surface area (Å²) in [7, 11) is 0. The number of aryl methyl sites for hydroxylation is 1. The van der Waals surface area contributed by atoms with Gasteiger partial charge in [0.05, 0.1) is 5.56 Å². The molecular weight excluding hydrogens is 550 g/mol. The van der Waals surface area contributed by atoms with Crippen LogP contribution in [0.4, 0.5) is 5.69 Å². The standard InChI is InChI=1S/C33H37N3O5S/c1-5-17-33(18-16-23-10-7-6-8-11-23)20-27(37)29(31(38)40-33)30(32(2,3)4)25-12-9-13-26(19-25)36-42(39)41-28-15-14-24(21-34)22-35-28/h6-15,19,22,29-30,36H,5,16-18,20H2,1-4H3/t29?,30-,33+,42?/m0/s1. The monoisotopic (exact) mass is 587 g/mol. The van der Waals surface area contributed by atoms with E-state index in [1.165, 1.54) is 18.3 Å². The molecule has 0 bridgehead atoms. The van der Waals surface area contributed by atoms with Crippen molar-refractivity contribution in [2.24, 2.45) is 11.3 Å². The lowest BCUT2D eigenvalue weighted by molar-refractivity contribution is -0.182. The number of carbonyl (C=O) groups excluding carboxylic acids is 2. The van der Waals surface area contributed by atoms with Crippen molar-refractivity contribution in [3.8, 4) is 11.9 Å². The summed E-state index contributed by atoms with van der Waals surface area (Å²) in [4.78, 5) is 31.6. The molecule has 1 aliphatic rings. The van der Waals surface area contributed by atoms with E-state index in [2.05, 4.69) is 9.71 Å². The van der Waals surface area contributed by atoms with Crippen LogP contribution < -0.4 is 8.91 Å². The molecule has 1 aliphatic heterocycles. The Balaban J connectivity index is 1.53. The van der Waals surface area contributed by atoms with E-state index < -0.39 is 40.1 Å². The summed E-state index contributed by atoms with van der Waals surface area (Å²) in [6, 6.07) is 22.1. The van der Waals surface area contributed by atoms with Gasteiger partial charge in [-0.05, 0) is 54.0 Å². The van der Waals surface area contributed by atoms with Gasteiger partial charge in [0, 0.05) is 30.3 Å². The molecular formula is C33H37N3O5S. The van der Waals surface area contributed by atoms with E-state index in [-0.39, 0.29) is 18.1 Å². The van der Waals surface area contributed by atoms with Gasteiger partial charge in [0.15, 0.2) is 5.78 Å². The Morgan fingerprint density at radius 1 is 1.12 bits per heavy atom. The molecule has 2 aromatic carbocycles. The van der Waals surface area contributed by atoms with Crippen molar-refractivity contribution < 1.29 is 22.7 Å². The van der Waals surface area contributed by atoms with Gasteiger partial charge >= 0.3 is 17.2 Å². The first-order chi connectivity index (χ1) is 20.0. The third kappa shape index (κ3) is 7.62. The summed E-state index contributed by atoms with van der Waals surface area (Å²) in [5.74, 6) is -1.91. The van der Waals surface area contributed by atoms with E-state index >= 15 is 0 Å². The fourth-order valence-electron chi connectivity index (χ4n) is 5.75. The van der Waals surface area contributed by atoms with E-state index in [1.54, 1.807) is 18.2 Å². The minimum atomic E-state index is -1.98. The fraction of sp³-hybridized carbons (Fsp3) is 0.394. The van der Waals surface area contributed by atoms with Gasteiger partial charge in [-0.3, -0.25) is 14.3 Å². The molecule has 0 amide bonds. The largest absolute Gasteiger partial charge is 0.458 e. The third-order valence-corrected chi connectivity index (χ3v) is 8.30. The summed E-state index contributed by atoms with van der Waals surface area (Å²) in [6.07, 6.45) is 4.26. The van der Waals surface area contributed by atoms with E-state index in [9.17, 15) is 13.8 Å². The maximum atomic E-state index is 13.9. The van der Waals surface area contributed by atoms with Gasteiger partial charge in [-0.1, -0.05) is 76.6 Å². The molecule has 1 aromatic heterocycles. The van der Waals surface area contributed by atoms with Crippen molar-refractivity contribution in [1.82, 2.24) is 4.98 Å². The molecule has 0 radical (unpaired) electrons. The van der Waals surface area contributed by atoms with Crippen LogP contribution in [0.1, 0.15) is 76.0 Å². The highest BCUT2D eigenvalue weighted by Crippen LogP contribution is 2.47. The Morgan fingerprint density at radius 2 is 1.88 bits per heavy atom. The van der Waals surface area contributed by atoms with E-state index in [4.69, 9.17) is 14.2 Å². The molecule has 42 heavy (non-hydrogen) atoms. The number of benzene rings is 2. The average molecular weight is 588 g/mol. The maximum absolute atomic E-state index is 13.9. The van der Waals surface area contributed by atoms with Gasteiger partial charge in [-0.25, -0.2) is 4.98 Å². The van der Waals surface area contributed by atoms with Gasteiger partial charge in [0.2, 0.25) is 5.88 Å². The number of carbonyl (C=O) groups is 2. The number of hydrogen-bond donors (Lipinski definition) is 1. The lowest BCUT2D eigenvalue weighted by Gasteiger charge is -2.44. The molecule has 0 aliphatic carbocycles. The first-order valence-corrected chi connectivity index (χ1v) is 15.2. The minimum absolute atomic E-state index is 0.0990. The SMILES string of the molecule is CCC[C@@]1(CCc2ccccc2)CC(=O)C([C@H](c2cccc(NS(=O)Oc3ccc(C#N)cn3)c2)C(C)(C)C)C(=O)O1. The highest BCUT2D eigenvalue weighted by atomic mass is 32.2. The van der Waals surface area contributed by atoms with Crippen LogP contribution in [-0.4, -0.2) is 26.5 Å². The number of ketones is 1. The van der Waals surface area contributed by atoms with Crippen LogP contribution in [0.3, 0.4) is 0 Å². The number of pyridine rings is 1. The summed E-state index contributed by atoms with van der Waals surface area (Å²) >= 11 is -1.98. The molecule has 2 heterocycles. The Kier molecular flexibility index (Phi) is 9.79. The van der Waals surface area contributed by atoms with Gasteiger partial charge in [0.1, 0.15) is 17.6 Å². The number of esters is 1. The van der Waals surface area contributed by atoms with E-state index in [0.29, 0.717) is 24.1 Å². The van der Waals surface area contributed by atoms with Crippen molar-refractivity contribution in [1.29, 1.82) is 5.26 Å². The van der Waals surface area contributed by atoms with Crippen molar-refractivity contribution in [3.05, 3.63) is 89.6 Å². The van der Waals surface area contributed by atoms with Crippen LogP contribution in [0.25, 0.3) is 0 Å². The number of cyclic esters (lactones) is 1. The molecule has 2 unspecified atom stereocenters. The second-order valence-corrected chi connectivity index (χ2v) is 12.7. The van der Waals surface area contributed by atoms with Crippen molar-refractivity contribution in [2.75, 3.05) is 4.72 Å². The zero-order chi connectivity index (χ0) is 30.3. The second-order valence-electron chi connectivity index (χ2n) is 11.8. The minimum Gasteiger partial charge on any atom is -0.458 e. The highest BCUT2D eigenvalue weighted by Gasteiger charge is 2.51. The van der Waals surface area contributed by atoms with Gasteiger partial charge < -0.3 is 8.92 Å². The van der Waals surface area contributed by atoms with Gasteiger partial charge in [0.25, 0.3) is 0 Å². The molecule has 220 valence electrons. The second kappa shape index (κ2) is 13.3.